The minimum absolute atomic E-state index is 0.00447. The number of hydrogen-bond donors (Lipinski definition) is 0. The molecule has 1 fully saturated rings. The quantitative estimate of drug-likeness (QED) is 0.764. The van der Waals surface area contributed by atoms with E-state index < -0.39 is 9.05 Å². The Labute approximate surface area is 114 Å². The molecule has 1 saturated heterocycles. The normalized spacial score (nSPS) is 20.6. The molecule has 0 bridgehead atoms. The lowest BCUT2D eigenvalue weighted by atomic mass is 10.1. The number of likely N-dealkylation sites (tertiary alicyclic amines) is 1. The summed E-state index contributed by atoms with van der Waals surface area (Å²) in [5.41, 5.74) is 1.75. The molecule has 0 spiro atoms. The highest BCUT2D eigenvalue weighted by atomic mass is 35.7. The van der Waals surface area contributed by atoms with E-state index >= 15 is 0 Å². The van der Waals surface area contributed by atoms with Gasteiger partial charge in [-0.25, -0.2) is 8.42 Å². The van der Waals surface area contributed by atoms with Crippen molar-refractivity contribution in [3.8, 4) is 0 Å². The van der Waals surface area contributed by atoms with Gasteiger partial charge in [-0.1, -0.05) is 0 Å². The van der Waals surface area contributed by atoms with Crippen molar-refractivity contribution in [2.45, 2.75) is 12.8 Å². The molecular weight excluding hydrogens is 296 g/mol. The third kappa shape index (κ3) is 3.93. The molecule has 0 aromatic carbocycles. The Morgan fingerprint density at radius 2 is 2.33 bits per heavy atom. The van der Waals surface area contributed by atoms with Crippen LogP contribution in [-0.4, -0.2) is 43.1 Å². The SMILES string of the molecule is O=C1CC(CS(=O)(=O)Cl)CN1CCc1cncs1. The number of rotatable bonds is 5. The van der Waals surface area contributed by atoms with Crippen LogP contribution < -0.4 is 0 Å². The van der Waals surface area contributed by atoms with E-state index in [0.717, 1.165) is 11.3 Å². The molecule has 1 aliphatic rings. The fraction of sp³-hybridized carbons (Fsp3) is 0.600. The Kier molecular flexibility index (Phi) is 4.24. The molecule has 100 valence electrons. The summed E-state index contributed by atoms with van der Waals surface area (Å²) >= 11 is 1.55. The Hall–Kier alpha value is -0.660. The highest BCUT2D eigenvalue weighted by Crippen LogP contribution is 2.21. The maximum Gasteiger partial charge on any atom is 0.232 e. The maximum absolute atomic E-state index is 11.7. The molecule has 2 heterocycles. The fourth-order valence-corrected chi connectivity index (χ4v) is 3.98. The summed E-state index contributed by atoms with van der Waals surface area (Å²) in [4.78, 5) is 18.5. The van der Waals surface area contributed by atoms with Crippen molar-refractivity contribution in [2.75, 3.05) is 18.8 Å². The lowest BCUT2D eigenvalue weighted by Crippen LogP contribution is -2.28. The minimum atomic E-state index is -3.53. The van der Waals surface area contributed by atoms with Gasteiger partial charge in [0.05, 0.1) is 11.3 Å². The van der Waals surface area contributed by atoms with Gasteiger partial charge in [0, 0.05) is 53.6 Å². The van der Waals surface area contributed by atoms with Gasteiger partial charge in [-0.15, -0.1) is 11.3 Å². The number of nitrogens with zero attached hydrogens (tertiary/aromatic N) is 2. The number of amides is 1. The van der Waals surface area contributed by atoms with Gasteiger partial charge in [0.2, 0.25) is 15.0 Å². The second-order valence-electron chi connectivity index (χ2n) is 4.33. The largest absolute Gasteiger partial charge is 0.342 e. The minimum Gasteiger partial charge on any atom is -0.342 e. The molecule has 1 unspecified atom stereocenters. The zero-order valence-electron chi connectivity index (χ0n) is 9.58. The van der Waals surface area contributed by atoms with Crippen LogP contribution in [0.4, 0.5) is 0 Å². The van der Waals surface area contributed by atoms with Crippen LogP contribution in [0.15, 0.2) is 11.7 Å². The molecule has 1 amide bonds. The number of carbonyl (C=O) groups excluding carboxylic acids is 1. The van der Waals surface area contributed by atoms with E-state index in [1.165, 1.54) is 0 Å². The van der Waals surface area contributed by atoms with Crippen molar-refractivity contribution in [2.24, 2.45) is 5.92 Å². The topological polar surface area (TPSA) is 67.3 Å². The predicted octanol–water partition coefficient (Wildman–Crippen LogP) is 1.10. The Balaban J connectivity index is 1.86. The number of carbonyl (C=O) groups is 1. The van der Waals surface area contributed by atoms with Crippen LogP contribution in [0.5, 0.6) is 0 Å². The van der Waals surface area contributed by atoms with Gasteiger partial charge in [0.25, 0.3) is 0 Å². The second-order valence-corrected chi connectivity index (χ2v) is 8.13. The summed E-state index contributed by atoms with van der Waals surface area (Å²) in [6, 6.07) is 0. The average Bonchev–Trinajstić information content (AvgIpc) is 2.83. The van der Waals surface area contributed by atoms with E-state index in [1.54, 1.807) is 27.9 Å². The molecular formula is C10H13ClN2O3S2. The zero-order valence-corrected chi connectivity index (χ0v) is 12.0. The van der Waals surface area contributed by atoms with Gasteiger partial charge in [-0.05, 0) is 0 Å². The van der Waals surface area contributed by atoms with Crippen LogP contribution in [0, 0.1) is 5.92 Å². The Morgan fingerprint density at radius 3 is 2.94 bits per heavy atom. The monoisotopic (exact) mass is 308 g/mol. The van der Waals surface area contributed by atoms with Crippen LogP contribution in [-0.2, 0) is 20.3 Å². The number of aromatic nitrogens is 1. The Bertz CT molecular complexity index is 515. The molecule has 0 N–H and O–H groups in total. The summed E-state index contributed by atoms with van der Waals surface area (Å²) in [5.74, 6) is -0.302. The van der Waals surface area contributed by atoms with Crippen LogP contribution in [0.1, 0.15) is 11.3 Å². The van der Waals surface area contributed by atoms with E-state index in [1.807, 2.05) is 0 Å². The van der Waals surface area contributed by atoms with Crippen LogP contribution >= 0.6 is 22.0 Å². The van der Waals surface area contributed by atoms with Gasteiger partial charge in [-0.2, -0.15) is 0 Å². The van der Waals surface area contributed by atoms with Crippen molar-refractivity contribution in [3.05, 3.63) is 16.6 Å². The van der Waals surface area contributed by atoms with Gasteiger partial charge < -0.3 is 4.90 Å². The number of hydrogen-bond acceptors (Lipinski definition) is 5. The molecule has 0 aliphatic carbocycles. The lowest BCUT2D eigenvalue weighted by Gasteiger charge is -2.15. The van der Waals surface area contributed by atoms with Gasteiger partial charge in [-0.3, -0.25) is 9.78 Å². The first-order chi connectivity index (χ1) is 8.44. The van der Waals surface area contributed by atoms with Crippen molar-refractivity contribution >= 4 is 37.0 Å². The Morgan fingerprint density at radius 1 is 1.56 bits per heavy atom. The number of halogens is 1. The summed E-state index contributed by atoms with van der Waals surface area (Å²) in [5, 5.41) is 0. The molecule has 0 saturated carbocycles. The first kappa shape index (κ1) is 13.8. The molecule has 1 aliphatic heterocycles. The zero-order chi connectivity index (χ0) is 13.2. The highest BCUT2D eigenvalue weighted by molar-refractivity contribution is 8.13. The van der Waals surface area contributed by atoms with Crippen LogP contribution in [0.2, 0.25) is 0 Å². The molecule has 1 aromatic rings. The van der Waals surface area contributed by atoms with Gasteiger partial charge in [0.1, 0.15) is 0 Å². The summed E-state index contributed by atoms with van der Waals surface area (Å²) in [7, 11) is 1.68. The number of thiazole rings is 1. The molecule has 8 heteroatoms. The smallest absolute Gasteiger partial charge is 0.232 e. The predicted molar refractivity (Wildman–Crippen MR) is 70.1 cm³/mol. The third-order valence-electron chi connectivity index (χ3n) is 2.84. The standard InChI is InChI=1S/C10H13ClN2O3S2/c11-18(15,16)6-8-3-10(14)13(5-8)2-1-9-4-12-7-17-9/h4,7-8H,1-3,5-6H2. The third-order valence-corrected chi connectivity index (χ3v) is 4.93. The first-order valence-corrected chi connectivity index (χ1v) is 8.87. The van der Waals surface area contributed by atoms with Crippen molar-refractivity contribution in [1.82, 2.24) is 9.88 Å². The van der Waals surface area contributed by atoms with Crippen molar-refractivity contribution in [1.29, 1.82) is 0 Å². The summed E-state index contributed by atoms with van der Waals surface area (Å²) in [6.07, 6.45) is 2.82. The molecule has 0 radical (unpaired) electrons. The maximum atomic E-state index is 11.7. The van der Waals surface area contributed by atoms with Crippen molar-refractivity contribution < 1.29 is 13.2 Å². The van der Waals surface area contributed by atoms with Crippen LogP contribution in [0.25, 0.3) is 0 Å². The van der Waals surface area contributed by atoms with Crippen molar-refractivity contribution in [3.63, 3.8) is 0 Å². The lowest BCUT2D eigenvalue weighted by molar-refractivity contribution is -0.127. The van der Waals surface area contributed by atoms with E-state index in [-0.39, 0.29) is 24.0 Å². The highest BCUT2D eigenvalue weighted by Gasteiger charge is 2.31. The average molecular weight is 309 g/mol. The van der Waals surface area contributed by atoms with E-state index in [4.69, 9.17) is 10.7 Å². The van der Waals surface area contributed by atoms with Crippen LogP contribution in [0.3, 0.4) is 0 Å². The molecule has 2 rings (SSSR count). The van der Waals surface area contributed by atoms with E-state index in [2.05, 4.69) is 4.98 Å². The van der Waals surface area contributed by atoms with Gasteiger partial charge in [0.15, 0.2) is 0 Å². The fourth-order valence-electron chi connectivity index (χ4n) is 2.07. The summed E-state index contributed by atoms with van der Waals surface area (Å²) < 4.78 is 21.9. The van der Waals surface area contributed by atoms with E-state index in [0.29, 0.717) is 13.1 Å². The van der Waals surface area contributed by atoms with Gasteiger partial charge >= 0.3 is 0 Å². The molecule has 5 nitrogen and oxygen atoms in total. The second kappa shape index (κ2) is 5.54. The molecule has 1 atom stereocenters. The van der Waals surface area contributed by atoms with E-state index in [9.17, 15) is 13.2 Å². The molecule has 18 heavy (non-hydrogen) atoms. The molecule has 1 aromatic heterocycles. The summed E-state index contributed by atoms with van der Waals surface area (Å²) in [6.45, 7) is 1.09. The first-order valence-electron chi connectivity index (χ1n) is 5.51.